The highest BCUT2D eigenvalue weighted by Gasteiger charge is 2.28. The van der Waals surface area contributed by atoms with E-state index in [1.807, 2.05) is 19.1 Å². The third-order valence-electron chi connectivity index (χ3n) is 4.54. The van der Waals surface area contributed by atoms with Crippen LogP contribution in [0.15, 0.2) is 72.5 Å². The highest BCUT2D eigenvalue weighted by Crippen LogP contribution is 2.35. The van der Waals surface area contributed by atoms with Gasteiger partial charge in [-0.3, -0.25) is 14.9 Å². The topological polar surface area (TPSA) is 95.7 Å². The van der Waals surface area contributed by atoms with Crippen molar-refractivity contribution in [2.45, 2.75) is 6.92 Å². The molecule has 3 aromatic rings. The quantitative estimate of drug-likeness (QED) is 0.206. The monoisotopic (exact) mass is 401 g/mol. The van der Waals surface area contributed by atoms with Gasteiger partial charge in [0.25, 0.3) is 5.69 Å². The molecule has 1 aliphatic heterocycles. The summed E-state index contributed by atoms with van der Waals surface area (Å²) < 4.78 is 11.0. The summed E-state index contributed by atoms with van der Waals surface area (Å²) in [5.74, 6) is -0.215. The zero-order chi connectivity index (χ0) is 21.3. The lowest BCUT2D eigenvalue weighted by atomic mass is 10.1. The number of carbonyl (C=O) groups excluding carboxylic acids is 2. The minimum absolute atomic E-state index is 0.0425. The summed E-state index contributed by atoms with van der Waals surface area (Å²) in [7, 11) is 0. The highest BCUT2D eigenvalue weighted by atomic mass is 16.6. The van der Waals surface area contributed by atoms with Gasteiger partial charge < -0.3 is 9.47 Å². The van der Waals surface area contributed by atoms with Crippen LogP contribution < -0.4 is 9.47 Å². The Hall–Kier alpha value is -4.26. The molecular formula is C23H15NO6. The van der Waals surface area contributed by atoms with Gasteiger partial charge >= 0.3 is 5.97 Å². The molecule has 7 nitrogen and oxygen atoms in total. The van der Waals surface area contributed by atoms with Crippen LogP contribution >= 0.6 is 0 Å². The van der Waals surface area contributed by atoms with E-state index in [2.05, 4.69) is 0 Å². The Morgan fingerprint density at radius 3 is 2.40 bits per heavy atom. The van der Waals surface area contributed by atoms with Crippen LogP contribution in [0.1, 0.15) is 31.8 Å². The molecule has 30 heavy (non-hydrogen) atoms. The van der Waals surface area contributed by atoms with E-state index in [0.717, 1.165) is 5.56 Å². The lowest BCUT2D eigenvalue weighted by Crippen LogP contribution is -2.08. The molecule has 1 heterocycles. The van der Waals surface area contributed by atoms with E-state index >= 15 is 0 Å². The first kappa shape index (κ1) is 19.1. The highest BCUT2D eigenvalue weighted by molar-refractivity contribution is 6.14. The van der Waals surface area contributed by atoms with E-state index in [0.29, 0.717) is 16.7 Å². The molecule has 0 saturated heterocycles. The van der Waals surface area contributed by atoms with Crippen molar-refractivity contribution in [1.82, 2.24) is 0 Å². The van der Waals surface area contributed by atoms with E-state index < -0.39 is 10.9 Å². The molecule has 0 fully saturated rings. The molecule has 3 aromatic carbocycles. The zero-order valence-corrected chi connectivity index (χ0v) is 15.8. The number of non-ortho nitro benzene ring substituents is 1. The molecule has 0 bridgehead atoms. The first-order valence-corrected chi connectivity index (χ1v) is 9.02. The number of ketones is 1. The predicted octanol–water partition coefficient (Wildman–Crippen LogP) is 4.74. The molecule has 1 aliphatic rings. The fourth-order valence-corrected chi connectivity index (χ4v) is 2.93. The SMILES string of the molecule is Cc1ccc(C(=O)Oc2ccc3c(c2)O/C(=C/c2ccc([N+](=O)[O-])cc2)C3=O)cc1. The van der Waals surface area contributed by atoms with E-state index in [9.17, 15) is 19.7 Å². The van der Waals surface area contributed by atoms with Gasteiger partial charge in [-0.05, 0) is 55.0 Å². The van der Waals surface area contributed by atoms with Gasteiger partial charge in [0.05, 0.1) is 16.1 Å². The Bertz CT molecular complexity index is 1190. The number of hydrogen-bond acceptors (Lipinski definition) is 6. The third kappa shape index (κ3) is 3.81. The predicted molar refractivity (Wildman–Crippen MR) is 109 cm³/mol. The van der Waals surface area contributed by atoms with E-state index in [1.165, 1.54) is 48.5 Å². The van der Waals surface area contributed by atoms with Gasteiger partial charge in [0.2, 0.25) is 5.78 Å². The molecule has 7 heteroatoms. The fraction of sp³-hybridized carbons (Fsp3) is 0.0435. The summed E-state index contributed by atoms with van der Waals surface area (Å²) in [5, 5.41) is 10.7. The lowest BCUT2D eigenvalue weighted by molar-refractivity contribution is -0.384. The number of esters is 1. The molecule has 148 valence electrons. The average Bonchev–Trinajstić information content (AvgIpc) is 3.03. The third-order valence-corrected chi connectivity index (χ3v) is 4.54. The summed E-state index contributed by atoms with van der Waals surface area (Å²) in [6.07, 6.45) is 1.50. The van der Waals surface area contributed by atoms with Crippen LogP contribution in [0.2, 0.25) is 0 Å². The van der Waals surface area contributed by atoms with Crippen molar-refractivity contribution >= 4 is 23.5 Å². The number of nitro benzene ring substituents is 1. The Morgan fingerprint density at radius 1 is 1.03 bits per heavy atom. The van der Waals surface area contributed by atoms with Crippen LogP contribution in [0.25, 0.3) is 6.08 Å². The van der Waals surface area contributed by atoms with Gasteiger partial charge in [0, 0.05) is 18.2 Å². The normalized spacial score (nSPS) is 13.6. The van der Waals surface area contributed by atoms with Crippen molar-refractivity contribution < 1.29 is 24.0 Å². The number of allylic oxidation sites excluding steroid dienone is 1. The van der Waals surface area contributed by atoms with Crippen molar-refractivity contribution in [3.8, 4) is 11.5 Å². The summed E-state index contributed by atoms with van der Waals surface area (Å²) in [6, 6.07) is 17.3. The number of ether oxygens (including phenoxy) is 2. The molecule has 0 amide bonds. The van der Waals surface area contributed by atoms with E-state index in [-0.39, 0.29) is 28.7 Å². The number of aryl methyl sites for hydroxylation is 1. The number of carbonyl (C=O) groups is 2. The molecular weight excluding hydrogens is 386 g/mol. The second kappa shape index (κ2) is 7.63. The number of rotatable bonds is 4. The molecule has 4 rings (SSSR count). The van der Waals surface area contributed by atoms with Gasteiger partial charge in [-0.25, -0.2) is 4.79 Å². The maximum atomic E-state index is 12.6. The molecule has 0 unspecified atom stereocenters. The Labute approximate surface area is 171 Å². The largest absolute Gasteiger partial charge is 0.452 e. The van der Waals surface area contributed by atoms with Crippen LogP contribution in [0, 0.1) is 17.0 Å². The minimum Gasteiger partial charge on any atom is -0.452 e. The van der Waals surface area contributed by atoms with Crippen molar-refractivity contribution in [1.29, 1.82) is 0 Å². The number of nitrogens with zero attached hydrogens (tertiary/aromatic N) is 1. The van der Waals surface area contributed by atoms with Gasteiger partial charge in [-0.1, -0.05) is 17.7 Å². The summed E-state index contributed by atoms with van der Waals surface area (Å²) in [4.78, 5) is 35.1. The second-order valence-corrected chi connectivity index (χ2v) is 6.70. The zero-order valence-electron chi connectivity index (χ0n) is 15.8. The summed E-state index contributed by atoms with van der Waals surface area (Å²) >= 11 is 0. The van der Waals surface area contributed by atoms with Crippen molar-refractivity contribution in [2.24, 2.45) is 0 Å². The van der Waals surface area contributed by atoms with Gasteiger partial charge in [-0.15, -0.1) is 0 Å². The van der Waals surface area contributed by atoms with Crippen molar-refractivity contribution in [2.75, 3.05) is 0 Å². The van der Waals surface area contributed by atoms with Crippen LogP contribution in [-0.2, 0) is 0 Å². The molecule has 0 saturated carbocycles. The van der Waals surface area contributed by atoms with Gasteiger partial charge in [0.1, 0.15) is 11.5 Å². The standard InChI is InChI=1S/C23H15NO6/c1-14-2-6-16(7-3-14)23(26)29-18-10-11-19-20(13-18)30-21(22(19)25)12-15-4-8-17(9-5-15)24(27)28/h2-13H,1H3/b21-12+. The number of benzene rings is 3. The Balaban J connectivity index is 1.52. The fourth-order valence-electron chi connectivity index (χ4n) is 2.93. The molecule has 0 radical (unpaired) electrons. The Morgan fingerprint density at radius 2 is 1.73 bits per heavy atom. The van der Waals surface area contributed by atoms with E-state index in [4.69, 9.17) is 9.47 Å². The number of Topliss-reactive ketones (excluding diaryl/α,β-unsaturated/α-hetero) is 1. The molecule has 0 spiro atoms. The van der Waals surface area contributed by atoms with Crippen LogP contribution in [-0.4, -0.2) is 16.7 Å². The average molecular weight is 401 g/mol. The van der Waals surface area contributed by atoms with E-state index in [1.54, 1.807) is 12.1 Å². The summed E-state index contributed by atoms with van der Waals surface area (Å²) in [6.45, 7) is 1.92. The lowest BCUT2D eigenvalue weighted by Gasteiger charge is -2.06. The number of hydrogen-bond donors (Lipinski definition) is 0. The van der Waals surface area contributed by atoms with Gasteiger partial charge in [-0.2, -0.15) is 0 Å². The number of fused-ring (bicyclic) bond motifs is 1. The molecule has 0 aliphatic carbocycles. The first-order chi connectivity index (χ1) is 14.4. The van der Waals surface area contributed by atoms with Crippen LogP contribution in [0.5, 0.6) is 11.5 Å². The summed E-state index contributed by atoms with van der Waals surface area (Å²) in [5.41, 5.74) is 2.33. The Kier molecular flexibility index (Phi) is 4.85. The molecule has 0 N–H and O–H groups in total. The van der Waals surface area contributed by atoms with Crippen molar-refractivity contribution in [3.05, 3.63) is 105 Å². The first-order valence-electron chi connectivity index (χ1n) is 9.02. The number of nitro groups is 1. The molecule has 0 aromatic heterocycles. The smallest absolute Gasteiger partial charge is 0.343 e. The van der Waals surface area contributed by atoms with Crippen molar-refractivity contribution in [3.63, 3.8) is 0 Å². The minimum atomic E-state index is -0.513. The van der Waals surface area contributed by atoms with Crippen LogP contribution in [0.3, 0.4) is 0 Å². The maximum Gasteiger partial charge on any atom is 0.343 e. The molecule has 0 atom stereocenters. The van der Waals surface area contributed by atoms with Crippen LogP contribution in [0.4, 0.5) is 5.69 Å². The second-order valence-electron chi connectivity index (χ2n) is 6.70. The maximum absolute atomic E-state index is 12.6. The van der Waals surface area contributed by atoms with Gasteiger partial charge in [0.15, 0.2) is 5.76 Å².